The Bertz CT molecular complexity index is 375. The van der Waals surface area contributed by atoms with Crippen LogP contribution in [0.1, 0.15) is 40.5 Å². The van der Waals surface area contributed by atoms with Gasteiger partial charge in [0.05, 0.1) is 0 Å². The second kappa shape index (κ2) is 2.56. The number of hydrogen-bond acceptors (Lipinski definition) is 1. The van der Waals surface area contributed by atoms with Crippen molar-refractivity contribution in [1.82, 2.24) is 0 Å². The van der Waals surface area contributed by atoms with E-state index in [0.717, 1.165) is 17.4 Å². The van der Waals surface area contributed by atoms with E-state index < -0.39 is 0 Å². The van der Waals surface area contributed by atoms with Crippen molar-refractivity contribution in [2.45, 2.75) is 40.5 Å². The highest BCUT2D eigenvalue weighted by Crippen LogP contribution is 2.66. The van der Waals surface area contributed by atoms with Crippen LogP contribution in [0.4, 0.5) is 0 Å². The van der Waals surface area contributed by atoms with Gasteiger partial charge in [-0.2, -0.15) is 0 Å². The highest BCUT2D eigenvalue weighted by molar-refractivity contribution is 6.00. The third-order valence-electron chi connectivity index (χ3n) is 5.60. The zero-order valence-corrected chi connectivity index (χ0v) is 10.1. The summed E-state index contributed by atoms with van der Waals surface area (Å²) in [5, 5.41) is 0. The van der Waals surface area contributed by atoms with Crippen LogP contribution in [-0.2, 0) is 4.79 Å². The van der Waals surface area contributed by atoms with E-state index in [0.29, 0.717) is 17.1 Å². The summed E-state index contributed by atoms with van der Waals surface area (Å²) in [6.45, 7) is 8.95. The van der Waals surface area contributed by atoms with E-state index in [9.17, 15) is 4.79 Å². The summed E-state index contributed by atoms with van der Waals surface area (Å²) in [5.74, 6) is 2.90. The average molecular weight is 204 g/mol. The molecule has 0 heterocycles. The molecular weight excluding hydrogens is 184 g/mol. The molecule has 2 bridgehead atoms. The minimum atomic E-state index is 0.279. The van der Waals surface area contributed by atoms with E-state index in [1.165, 1.54) is 12.8 Å². The third kappa shape index (κ3) is 0.926. The Labute approximate surface area is 91.9 Å². The van der Waals surface area contributed by atoms with E-state index >= 15 is 0 Å². The number of carbonyl (C=O) groups is 1. The van der Waals surface area contributed by atoms with Crippen LogP contribution in [0.3, 0.4) is 0 Å². The van der Waals surface area contributed by atoms with Crippen LogP contribution in [0, 0.1) is 29.1 Å². The Hall–Kier alpha value is -0.590. The van der Waals surface area contributed by atoms with Gasteiger partial charge in [0.25, 0.3) is 0 Å². The van der Waals surface area contributed by atoms with Gasteiger partial charge in [-0.25, -0.2) is 0 Å². The van der Waals surface area contributed by atoms with E-state index in [1.54, 1.807) is 5.57 Å². The van der Waals surface area contributed by atoms with Crippen molar-refractivity contribution in [2.75, 3.05) is 0 Å². The molecule has 0 saturated heterocycles. The summed E-state index contributed by atoms with van der Waals surface area (Å²) in [6.07, 6.45) is 2.61. The normalized spacial score (nSPS) is 46.5. The quantitative estimate of drug-likeness (QED) is 0.592. The van der Waals surface area contributed by atoms with Crippen LogP contribution in [0.15, 0.2) is 11.1 Å². The fraction of sp³-hybridized carbons (Fsp3) is 0.786. The second-order valence-corrected chi connectivity index (χ2v) is 6.38. The van der Waals surface area contributed by atoms with Gasteiger partial charge in [0.1, 0.15) is 0 Å². The Morgan fingerprint density at radius 1 is 1.27 bits per heavy atom. The Morgan fingerprint density at radius 2 is 1.93 bits per heavy atom. The molecule has 15 heavy (non-hydrogen) atoms. The fourth-order valence-electron chi connectivity index (χ4n) is 4.32. The van der Waals surface area contributed by atoms with Gasteiger partial charge in [-0.05, 0) is 48.5 Å². The monoisotopic (exact) mass is 204 g/mol. The van der Waals surface area contributed by atoms with Crippen LogP contribution in [0.5, 0.6) is 0 Å². The number of rotatable bonds is 0. The number of ketones is 1. The molecule has 0 amide bonds. The van der Waals surface area contributed by atoms with Gasteiger partial charge < -0.3 is 0 Å². The van der Waals surface area contributed by atoms with Crippen molar-refractivity contribution in [2.24, 2.45) is 29.1 Å². The fourth-order valence-corrected chi connectivity index (χ4v) is 4.32. The van der Waals surface area contributed by atoms with Gasteiger partial charge in [0.15, 0.2) is 5.78 Å². The third-order valence-corrected chi connectivity index (χ3v) is 5.60. The number of Topliss-reactive ketones (excluding diaryl/α,β-unsaturated/α-hetero) is 1. The molecule has 3 fully saturated rings. The molecule has 0 unspecified atom stereocenters. The van der Waals surface area contributed by atoms with Crippen molar-refractivity contribution >= 4 is 5.78 Å². The molecule has 4 rings (SSSR count). The first-order chi connectivity index (χ1) is 6.94. The molecule has 0 aromatic carbocycles. The zero-order chi connectivity index (χ0) is 11.0. The zero-order valence-electron chi connectivity index (χ0n) is 10.1. The summed E-state index contributed by atoms with van der Waals surface area (Å²) in [4.78, 5) is 12.0. The Balaban J connectivity index is 2.07. The molecule has 82 valence electrons. The maximum atomic E-state index is 12.0. The van der Waals surface area contributed by atoms with Crippen molar-refractivity contribution in [1.29, 1.82) is 0 Å². The van der Waals surface area contributed by atoms with Crippen molar-refractivity contribution in [3.05, 3.63) is 11.1 Å². The molecular formula is C14H20O. The van der Waals surface area contributed by atoms with Crippen molar-refractivity contribution < 1.29 is 4.79 Å². The van der Waals surface area contributed by atoms with E-state index in [4.69, 9.17) is 0 Å². The minimum Gasteiger partial charge on any atom is -0.294 e. The van der Waals surface area contributed by atoms with Gasteiger partial charge >= 0.3 is 0 Å². The van der Waals surface area contributed by atoms with Crippen LogP contribution < -0.4 is 0 Å². The van der Waals surface area contributed by atoms with Crippen molar-refractivity contribution in [3.63, 3.8) is 0 Å². The molecule has 4 aliphatic carbocycles. The Morgan fingerprint density at radius 3 is 2.53 bits per heavy atom. The lowest BCUT2D eigenvalue weighted by molar-refractivity contribution is -0.119. The van der Waals surface area contributed by atoms with Crippen molar-refractivity contribution in [3.8, 4) is 0 Å². The van der Waals surface area contributed by atoms with Crippen LogP contribution in [0.25, 0.3) is 0 Å². The number of allylic oxidation sites excluding steroid dienone is 2. The van der Waals surface area contributed by atoms with Gasteiger partial charge in [0, 0.05) is 5.92 Å². The second-order valence-electron chi connectivity index (χ2n) is 6.38. The lowest BCUT2D eigenvalue weighted by atomic mass is 9.45. The standard InChI is InChI=1S/C14H20O/c1-7-10-5-9-6-11(14(9,3)4)12(10)8(2)13(7)15/h7,9-11H,5-6H2,1-4H3/t7-,9+,10+,11-/m1/s1. The first-order valence-corrected chi connectivity index (χ1v) is 6.19. The summed E-state index contributed by atoms with van der Waals surface area (Å²) < 4.78 is 0. The first-order valence-electron chi connectivity index (χ1n) is 6.19. The highest BCUT2D eigenvalue weighted by Gasteiger charge is 2.59. The van der Waals surface area contributed by atoms with Gasteiger partial charge in [-0.15, -0.1) is 0 Å². The molecule has 4 atom stereocenters. The molecule has 4 aliphatic rings. The summed E-state index contributed by atoms with van der Waals surface area (Å²) in [5.41, 5.74) is 3.13. The van der Waals surface area contributed by atoms with Gasteiger partial charge in [-0.3, -0.25) is 4.79 Å². The minimum absolute atomic E-state index is 0.279. The topological polar surface area (TPSA) is 17.1 Å². The SMILES string of the molecule is CC1=C2[C@@H](C[C@H]3C[C@H]2C3(C)C)[C@@H](C)C1=O. The average Bonchev–Trinajstić information content (AvgIpc) is 2.44. The lowest BCUT2D eigenvalue weighted by Crippen LogP contribution is -2.52. The summed E-state index contributed by atoms with van der Waals surface area (Å²) >= 11 is 0. The van der Waals surface area contributed by atoms with Gasteiger partial charge in [-0.1, -0.05) is 26.3 Å². The summed E-state index contributed by atoms with van der Waals surface area (Å²) in [7, 11) is 0. The van der Waals surface area contributed by atoms with Gasteiger partial charge in [0.2, 0.25) is 0 Å². The summed E-state index contributed by atoms with van der Waals surface area (Å²) in [6, 6.07) is 0. The molecule has 0 aromatic rings. The van der Waals surface area contributed by atoms with Crippen LogP contribution in [-0.4, -0.2) is 5.78 Å². The predicted molar refractivity (Wildman–Crippen MR) is 60.4 cm³/mol. The largest absolute Gasteiger partial charge is 0.294 e. The van der Waals surface area contributed by atoms with E-state index in [2.05, 4.69) is 27.7 Å². The van der Waals surface area contributed by atoms with Crippen LogP contribution in [0.2, 0.25) is 0 Å². The molecule has 1 heteroatoms. The van der Waals surface area contributed by atoms with E-state index in [1.807, 2.05) is 0 Å². The maximum Gasteiger partial charge on any atom is 0.161 e. The lowest BCUT2D eigenvalue weighted by Gasteiger charge is -2.60. The molecule has 3 saturated carbocycles. The maximum absolute atomic E-state index is 12.0. The number of carbonyl (C=O) groups excluding carboxylic acids is 1. The molecule has 0 aliphatic heterocycles. The smallest absolute Gasteiger partial charge is 0.161 e. The molecule has 1 nitrogen and oxygen atoms in total. The van der Waals surface area contributed by atoms with Crippen LogP contribution >= 0.6 is 0 Å². The molecule has 0 spiro atoms. The first kappa shape index (κ1) is 9.62. The number of hydrogen-bond donors (Lipinski definition) is 0. The highest BCUT2D eigenvalue weighted by atomic mass is 16.1. The van der Waals surface area contributed by atoms with E-state index in [-0.39, 0.29) is 5.92 Å². The molecule has 0 radical (unpaired) electrons. The molecule has 0 aromatic heterocycles. The molecule has 0 N–H and O–H groups in total. The Kier molecular flexibility index (Phi) is 1.64. The predicted octanol–water partition coefficient (Wildman–Crippen LogP) is 3.20.